The van der Waals surface area contributed by atoms with Gasteiger partial charge in [-0.15, -0.1) is 0 Å². The number of alkyl halides is 2. The van der Waals surface area contributed by atoms with Crippen molar-refractivity contribution in [1.82, 2.24) is 0 Å². The number of fused-ring (bicyclic) bond motifs is 1. The SMILES string of the molecule is CCCc1ccc(-c2ccc(-c3cc(F)c(C(F)(F)Oc4cc(F)c5c(F)c(F)c(F)cc5c4)c(F)c3)cc2)c(F)c1F. The van der Waals surface area contributed by atoms with Crippen LogP contribution in [0.2, 0.25) is 0 Å². The lowest BCUT2D eigenvalue weighted by Crippen LogP contribution is -2.25. The second-order valence-electron chi connectivity index (χ2n) is 9.65. The number of aryl methyl sites for hydroxylation is 1. The van der Waals surface area contributed by atoms with E-state index in [2.05, 4.69) is 4.74 Å². The molecule has 1 nitrogen and oxygen atoms in total. The normalized spacial score (nSPS) is 11.8. The fourth-order valence-electron chi connectivity index (χ4n) is 4.75. The monoisotopic (exact) mass is 608 g/mol. The number of ether oxygens (including phenoxy) is 1. The lowest BCUT2D eigenvalue weighted by Gasteiger charge is -2.20. The molecule has 5 rings (SSSR count). The minimum Gasteiger partial charge on any atom is -0.429 e. The fourth-order valence-corrected chi connectivity index (χ4v) is 4.75. The van der Waals surface area contributed by atoms with Crippen molar-refractivity contribution in [2.24, 2.45) is 0 Å². The van der Waals surface area contributed by atoms with Crippen LogP contribution in [-0.2, 0) is 12.5 Å². The molecule has 0 radical (unpaired) electrons. The van der Waals surface area contributed by atoms with Gasteiger partial charge in [-0.25, -0.2) is 35.1 Å². The van der Waals surface area contributed by atoms with Crippen LogP contribution in [0.25, 0.3) is 33.0 Å². The summed E-state index contributed by atoms with van der Waals surface area (Å²) in [6.45, 7) is 1.82. The van der Waals surface area contributed by atoms with E-state index >= 15 is 0 Å². The van der Waals surface area contributed by atoms with Crippen molar-refractivity contribution in [1.29, 1.82) is 0 Å². The van der Waals surface area contributed by atoms with E-state index in [1.165, 1.54) is 36.4 Å². The van der Waals surface area contributed by atoms with E-state index in [-0.39, 0.29) is 33.9 Å². The summed E-state index contributed by atoms with van der Waals surface area (Å²) in [6.07, 6.45) is -3.78. The Bertz CT molecular complexity index is 1840. The average molecular weight is 608 g/mol. The molecule has 0 bridgehead atoms. The number of hydrogen-bond donors (Lipinski definition) is 0. The molecule has 0 aromatic heterocycles. The number of hydrogen-bond acceptors (Lipinski definition) is 1. The maximum Gasteiger partial charge on any atom is 0.432 e. The zero-order chi connectivity index (χ0) is 31.2. The molecule has 43 heavy (non-hydrogen) atoms. The quantitative estimate of drug-likeness (QED) is 0.132. The number of benzene rings is 5. The van der Waals surface area contributed by atoms with Crippen molar-refractivity contribution >= 4 is 10.8 Å². The molecule has 0 saturated heterocycles. The first-order chi connectivity index (χ1) is 20.3. The van der Waals surface area contributed by atoms with Gasteiger partial charge in [0.05, 0.1) is 5.39 Å². The first kappa shape index (κ1) is 29.9. The first-order valence-corrected chi connectivity index (χ1v) is 12.7. The van der Waals surface area contributed by atoms with Gasteiger partial charge in [-0.1, -0.05) is 49.7 Å². The number of rotatable bonds is 7. The van der Waals surface area contributed by atoms with Gasteiger partial charge in [-0.05, 0) is 58.3 Å². The smallest absolute Gasteiger partial charge is 0.429 e. The van der Waals surface area contributed by atoms with Gasteiger partial charge in [0.25, 0.3) is 0 Å². The summed E-state index contributed by atoms with van der Waals surface area (Å²) in [4.78, 5) is 0. The van der Waals surface area contributed by atoms with Crippen LogP contribution in [-0.4, -0.2) is 0 Å². The molecule has 0 aliphatic heterocycles. The Hall–Kier alpha value is -4.54. The van der Waals surface area contributed by atoms with Crippen LogP contribution in [0, 0.1) is 46.5 Å². The Morgan fingerprint density at radius 1 is 0.581 bits per heavy atom. The van der Waals surface area contributed by atoms with Gasteiger partial charge in [0, 0.05) is 11.6 Å². The van der Waals surface area contributed by atoms with E-state index < -0.39 is 74.7 Å². The van der Waals surface area contributed by atoms with Crippen LogP contribution in [0.3, 0.4) is 0 Å². The van der Waals surface area contributed by atoms with E-state index in [4.69, 9.17) is 0 Å². The van der Waals surface area contributed by atoms with Crippen molar-refractivity contribution in [3.05, 3.63) is 124 Å². The molecule has 0 N–H and O–H groups in total. The maximum absolute atomic E-state index is 14.9. The van der Waals surface area contributed by atoms with Crippen molar-refractivity contribution in [2.75, 3.05) is 0 Å². The zero-order valence-electron chi connectivity index (χ0n) is 22.0. The topological polar surface area (TPSA) is 9.23 Å². The Morgan fingerprint density at radius 3 is 1.84 bits per heavy atom. The van der Waals surface area contributed by atoms with Crippen molar-refractivity contribution < 1.29 is 48.6 Å². The van der Waals surface area contributed by atoms with Gasteiger partial charge in [-0.2, -0.15) is 8.78 Å². The van der Waals surface area contributed by atoms with Gasteiger partial charge in [-0.3, -0.25) is 0 Å². The standard InChI is InChI=1S/C32H18F10O/c1-2-3-17-8-9-21(29(38)28(17)37)16-6-4-15(5-7-16)18-11-23(34)27(24(35)12-18)32(41,42)43-20-10-19-13-25(36)30(39)31(40)26(19)22(33)14-20/h4-14H,2-3H2,1H3. The van der Waals surface area contributed by atoms with Crippen molar-refractivity contribution in [3.8, 4) is 28.0 Å². The van der Waals surface area contributed by atoms with Gasteiger partial charge >= 0.3 is 6.11 Å². The van der Waals surface area contributed by atoms with Gasteiger partial charge < -0.3 is 4.74 Å². The third kappa shape index (κ3) is 5.51. The highest BCUT2D eigenvalue weighted by atomic mass is 19.3. The highest BCUT2D eigenvalue weighted by Gasteiger charge is 2.41. The Kier molecular flexibility index (Phi) is 7.85. The van der Waals surface area contributed by atoms with Crippen LogP contribution < -0.4 is 4.74 Å². The van der Waals surface area contributed by atoms with Crippen molar-refractivity contribution in [3.63, 3.8) is 0 Å². The predicted molar refractivity (Wildman–Crippen MR) is 139 cm³/mol. The molecule has 0 aliphatic rings. The lowest BCUT2D eigenvalue weighted by atomic mass is 9.97. The molecule has 0 fully saturated rings. The molecular weight excluding hydrogens is 590 g/mol. The van der Waals surface area contributed by atoms with Crippen LogP contribution in [0.15, 0.2) is 66.7 Å². The zero-order valence-corrected chi connectivity index (χ0v) is 22.0. The van der Waals surface area contributed by atoms with Crippen LogP contribution in [0.5, 0.6) is 5.75 Å². The third-order valence-electron chi connectivity index (χ3n) is 6.79. The summed E-state index contributed by atoms with van der Waals surface area (Å²) in [6, 6.07) is 10.5. The molecular formula is C32H18F10O. The average Bonchev–Trinajstić information content (AvgIpc) is 2.93. The Labute approximate surface area is 238 Å². The molecule has 11 heteroatoms. The van der Waals surface area contributed by atoms with Crippen LogP contribution in [0.4, 0.5) is 43.9 Å². The fraction of sp³-hybridized carbons (Fsp3) is 0.125. The molecule has 222 valence electrons. The highest BCUT2D eigenvalue weighted by Crippen LogP contribution is 2.39. The van der Waals surface area contributed by atoms with E-state index in [9.17, 15) is 43.9 Å². The number of halogens is 10. The van der Waals surface area contributed by atoms with E-state index in [1.54, 1.807) is 0 Å². The summed E-state index contributed by atoms with van der Waals surface area (Å²) in [5, 5.41) is -1.72. The molecule has 5 aromatic carbocycles. The highest BCUT2D eigenvalue weighted by molar-refractivity contribution is 5.85. The minimum atomic E-state index is -4.74. The summed E-state index contributed by atoms with van der Waals surface area (Å²) in [5.41, 5.74) is -1.45. The molecule has 0 atom stereocenters. The van der Waals surface area contributed by atoms with Gasteiger partial charge in [0.15, 0.2) is 29.1 Å². The molecule has 0 unspecified atom stereocenters. The second kappa shape index (κ2) is 11.3. The maximum atomic E-state index is 14.9. The van der Waals surface area contributed by atoms with Gasteiger partial charge in [0.1, 0.15) is 28.8 Å². The van der Waals surface area contributed by atoms with E-state index in [0.29, 0.717) is 37.1 Å². The summed E-state index contributed by atoms with van der Waals surface area (Å²) >= 11 is 0. The molecule has 0 spiro atoms. The minimum absolute atomic E-state index is 0.0471. The molecule has 0 saturated carbocycles. The van der Waals surface area contributed by atoms with Crippen molar-refractivity contribution in [2.45, 2.75) is 25.9 Å². The Morgan fingerprint density at radius 2 is 1.21 bits per heavy atom. The Balaban J connectivity index is 1.44. The summed E-state index contributed by atoms with van der Waals surface area (Å²) < 4.78 is 148. The van der Waals surface area contributed by atoms with E-state index in [0.717, 1.165) is 0 Å². The molecule has 0 aliphatic carbocycles. The van der Waals surface area contributed by atoms with E-state index in [1.807, 2.05) is 6.92 Å². The third-order valence-corrected chi connectivity index (χ3v) is 6.79. The molecule has 0 amide bonds. The largest absolute Gasteiger partial charge is 0.432 e. The molecule has 0 heterocycles. The lowest BCUT2D eigenvalue weighted by molar-refractivity contribution is -0.189. The second-order valence-corrected chi connectivity index (χ2v) is 9.65. The van der Waals surface area contributed by atoms with Crippen LogP contribution >= 0.6 is 0 Å². The first-order valence-electron chi connectivity index (χ1n) is 12.7. The predicted octanol–water partition coefficient (Wildman–Crippen LogP) is 10.4. The summed E-state index contributed by atoms with van der Waals surface area (Å²) in [7, 11) is 0. The van der Waals surface area contributed by atoms with Gasteiger partial charge in [0.2, 0.25) is 0 Å². The molecule has 5 aromatic rings. The summed E-state index contributed by atoms with van der Waals surface area (Å²) in [5.74, 6) is -13.8. The van der Waals surface area contributed by atoms with Crippen LogP contribution in [0.1, 0.15) is 24.5 Å².